The SMILES string of the molecule is CCCCNC(C)CP(=Nc1ccc(OC)cc1)(c1ccccc1)c1ccccc1. The van der Waals surface area contributed by atoms with Gasteiger partial charge in [0.15, 0.2) is 0 Å². The van der Waals surface area contributed by atoms with Crippen molar-refractivity contribution in [2.45, 2.75) is 32.7 Å². The Morgan fingerprint density at radius 1 is 0.867 bits per heavy atom. The first kappa shape index (κ1) is 22.3. The van der Waals surface area contributed by atoms with Crippen molar-refractivity contribution in [3.05, 3.63) is 84.9 Å². The highest BCUT2D eigenvalue weighted by atomic mass is 31.2. The summed E-state index contributed by atoms with van der Waals surface area (Å²) in [4.78, 5) is 0. The maximum absolute atomic E-state index is 5.49. The molecule has 3 nitrogen and oxygen atoms in total. The Morgan fingerprint density at radius 3 is 1.93 bits per heavy atom. The lowest BCUT2D eigenvalue weighted by Gasteiger charge is -2.29. The molecule has 4 heteroatoms. The quantitative estimate of drug-likeness (QED) is 0.324. The third-order valence-electron chi connectivity index (χ3n) is 5.29. The van der Waals surface area contributed by atoms with Crippen LogP contribution in [0.4, 0.5) is 5.69 Å². The van der Waals surface area contributed by atoms with Crippen molar-refractivity contribution in [2.75, 3.05) is 19.8 Å². The molecule has 0 heterocycles. The highest BCUT2D eigenvalue weighted by Gasteiger charge is 2.27. The van der Waals surface area contributed by atoms with E-state index >= 15 is 0 Å². The van der Waals surface area contributed by atoms with Crippen LogP contribution in [0.5, 0.6) is 5.75 Å². The topological polar surface area (TPSA) is 33.6 Å². The van der Waals surface area contributed by atoms with Crippen molar-refractivity contribution in [3.63, 3.8) is 0 Å². The summed E-state index contributed by atoms with van der Waals surface area (Å²) in [7, 11) is -0.334. The normalized spacial score (nSPS) is 12.4. The zero-order valence-electron chi connectivity index (χ0n) is 18.3. The summed E-state index contributed by atoms with van der Waals surface area (Å²) < 4.78 is 10.8. The summed E-state index contributed by atoms with van der Waals surface area (Å²) in [5.41, 5.74) is 0.998. The number of ether oxygens (including phenoxy) is 1. The largest absolute Gasteiger partial charge is 0.497 e. The van der Waals surface area contributed by atoms with E-state index in [0.717, 1.165) is 24.1 Å². The fourth-order valence-electron chi connectivity index (χ4n) is 3.70. The van der Waals surface area contributed by atoms with E-state index in [2.05, 4.69) is 92.0 Å². The summed E-state index contributed by atoms with van der Waals surface area (Å²) in [5.74, 6) is 0.854. The van der Waals surface area contributed by atoms with E-state index < -0.39 is 7.05 Å². The second kappa shape index (κ2) is 11.2. The monoisotopic (exact) mass is 420 g/mol. The maximum Gasteiger partial charge on any atom is 0.119 e. The highest BCUT2D eigenvalue weighted by Crippen LogP contribution is 2.50. The molecule has 0 spiro atoms. The van der Waals surface area contributed by atoms with Crippen LogP contribution in [-0.4, -0.2) is 25.9 Å². The number of rotatable bonds is 10. The van der Waals surface area contributed by atoms with Crippen LogP contribution < -0.4 is 20.7 Å². The van der Waals surface area contributed by atoms with E-state index in [1.54, 1.807) is 7.11 Å². The van der Waals surface area contributed by atoms with E-state index in [1.807, 2.05) is 12.1 Å². The second-order valence-electron chi connectivity index (χ2n) is 7.63. The van der Waals surface area contributed by atoms with E-state index in [9.17, 15) is 0 Å². The van der Waals surface area contributed by atoms with Gasteiger partial charge in [0, 0.05) is 19.3 Å². The predicted octanol–water partition coefficient (Wildman–Crippen LogP) is 5.96. The lowest BCUT2D eigenvalue weighted by atomic mass is 10.3. The van der Waals surface area contributed by atoms with Gasteiger partial charge in [-0.2, -0.15) is 0 Å². The number of nitrogens with one attached hydrogen (secondary N) is 1. The number of benzene rings is 3. The van der Waals surface area contributed by atoms with Crippen LogP contribution in [0.2, 0.25) is 0 Å². The van der Waals surface area contributed by atoms with E-state index in [1.165, 1.54) is 23.5 Å². The number of hydrogen-bond donors (Lipinski definition) is 1. The van der Waals surface area contributed by atoms with Crippen LogP contribution in [0.15, 0.2) is 89.7 Å². The Labute approximate surface area is 181 Å². The smallest absolute Gasteiger partial charge is 0.119 e. The second-order valence-corrected chi connectivity index (χ2v) is 10.8. The van der Waals surface area contributed by atoms with Gasteiger partial charge in [-0.05, 0) is 54.8 Å². The Hall–Kier alpha value is -2.35. The van der Waals surface area contributed by atoms with Gasteiger partial charge in [-0.3, -0.25) is 4.74 Å². The van der Waals surface area contributed by atoms with Gasteiger partial charge >= 0.3 is 0 Å². The maximum atomic E-state index is 5.49. The summed E-state index contributed by atoms with van der Waals surface area (Å²) in [6, 6.07) is 30.1. The van der Waals surface area contributed by atoms with Crippen LogP contribution in [0.1, 0.15) is 26.7 Å². The summed E-state index contributed by atoms with van der Waals surface area (Å²) >= 11 is 0. The molecule has 0 saturated heterocycles. The minimum atomic E-state index is -2.03. The number of methoxy groups -OCH3 is 1. The predicted molar refractivity (Wildman–Crippen MR) is 131 cm³/mol. The summed E-state index contributed by atoms with van der Waals surface area (Å²) in [6.45, 7) is 5.57. The zero-order chi connectivity index (χ0) is 21.2. The molecule has 3 aromatic rings. The molecule has 0 bridgehead atoms. The average Bonchev–Trinajstić information content (AvgIpc) is 2.80. The van der Waals surface area contributed by atoms with Gasteiger partial charge in [-0.15, -0.1) is 0 Å². The van der Waals surface area contributed by atoms with Gasteiger partial charge in [-0.25, -0.2) is 0 Å². The number of unbranched alkanes of at least 4 members (excludes halogenated alkanes) is 1. The molecule has 3 rings (SSSR count). The lowest BCUT2D eigenvalue weighted by Crippen LogP contribution is -2.34. The van der Waals surface area contributed by atoms with Crippen LogP contribution >= 0.6 is 7.05 Å². The van der Waals surface area contributed by atoms with Crippen molar-refractivity contribution in [3.8, 4) is 5.75 Å². The van der Waals surface area contributed by atoms with Crippen LogP contribution in [-0.2, 0) is 0 Å². The van der Waals surface area contributed by atoms with E-state index in [4.69, 9.17) is 9.48 Å². The fourth-order valence-corrected chi connectivity index (χ4v) is 7.51. The van der Waals surface area contributed by atoms with Gasteiger partial charge in [0.05, 0.1) is 12.8 Å². The molecule has 0 aliphatic heterocycles. The Balaban J connectivity index is 2.14. The van der Waals surface area contributed by atoms with Crippen LogP contribution in [0.25, 0.3) is 0 Å². The number of hydrogen-bond acceptors (Lipinski definition) is 3. The molecule has 1 N–H and O–H groups in total. The Morgan fingerprint density at radius 2 is 1.43 bits per heavy atom. The molecule has 0 aliphatic rings. The third-order valence-corrected chi connectivity index (χ3v) is 9.24. The first-order valence-corrected chi connectivity index (χ1v) is 12.7. The molecule has 3 aromatic carbocycles. The molecule has 158 valence electrons. The molecule has 1 atom stereocenters. The molecule has 0 fully saturated rings. The van der Waals surface area contributed by atoms with Gasteiger partial charge in [0.2, 0.25) is 0 Å². The van der Waals surface area contributed by atoms with Gasteiger partial charge < -0.3 is 10.1 Å². The average molecular weight is 421 g/mol. The summed E-state index contributed by atoms with van der Waals surface area (Å²) in [6.07, 6.45) is 3.38. The van der Waals surface area contributed by atoms with E-state index in [-0.39, 0.29) is 0 Å². The molecule has 0 aliphatic carbocycles. The summed E-state index contributed by atoms with van der Waals surface area (Å²) in [5, 5.41) is 6.36. The van der Waals surface area contributed by atoms with Crippen LogP contribution in [0, 0.1) is 0 Å². The zero-order valence-corrected chi connectivity index (χ0v) is 19.2. The molecule has 1 unspecified atom stereocenters. The molecule has 30 heavy (non-hydrogen) atoms. The first-order valence-electron chi connectivity index (χ1n) is 10.8. The minimum absolute atomic E-state index is 0.368. The molecular formula is C26H33N2OP. The van der Waals surface area contributed by atoms with Crippen molar-refractivity contribution in [1.82, 2.24) is 5.32 Å². The van der Waals surface area contributed by atoms with Crippen molar-refractivity contribution in [1.29, 1.82) is 0 Å². The first-order chi connectivity index (χ1) is 14.7. The standard InChI is InChI=1S/C26H33N2OP/c1-4-5-20-27-22(2)21-30(25-12-8-6-9-13-25,26-14-10-7-11-15-26)28-23-16-18-24(29-3)19-17-23/h6-19,22,27H,4-5,20-21H2,1-3H3. The molecule has 0 aromatic heterocycles. The highest BCUT2D eigenvalue weighted by molar-refractivity contribution is 7.81. The van der Waals surface area contributed by atoms with E-state index in [0.29, 0.717) is 6.04 Å². The molecule has 0 radical (unpaired) electrons. The lowest BCUT2D eigenvalue weighted by molar-refractivity contribution is 0.415. The van der Waals surface area contributed by atoms with Crippen molar-refractivity contribution < 1.29 is 4.74 Å². The minimum Gasteiger partial charge on any atom is -0.497 e. The van der Waals surface area contributed by atoms with Gasteiger partial charge in [0.1, 0.15) is 5.75 Å². The van der Waals surface area contributed by atoms with Crippen molar-refractivity contribution in [2.24, 2.45) is 4.74 Å². The molecule has 0 saturated carbocycles. The fraction of sp³-hybridized carbons (Fsp3) is 0.308. The van der Waals surface area contributed by atoms with Gasteiger partial charge in [-0.1, -0.05) is 74.0 Å². The Bertz CT molecular complexity index is 896. The van der Waals surface area contributed by atoms with Crippen LogP contribution in [0.3, 0.4) is 0 Å². The Kier molecular flexibility index (Phi) is 8.30. The molecule has 0 amide bonds. The van der Waals surface area contributed by atoms with Gasteiger partial charge in [0.25, 0.3) is 0 Å². The third kappa shape index (κ3) is 5.62. The molecular weight excluding hydrogens is 387 g/mol. The van der Waals surface area contributed by atoms with Crippen molar-refractivity contribution >= 4 is 23.4 Å². The number of nitrogens with zero attached hydrogens (tertiary/aromatic N) is 1.